The number of hydrogen-bond acceptors (Lipinski definition) is 10. The first-order valence-electron chi connectivity index (χ1n) is 10.6. The van der Waals surface area contributed by atoms with Crippen LogP contribution in [0.25, 0.3) is 11.2 Å². The summed E-state index contributed by atoms with van der Waals surface area (Å²) in [4.78, 5) is 15.1. The lowest BCUT2D eigenvalue weighted by molar-refractivity contribution is -0.0511. The molecule has 11 nitrogen and oxygen atoms in total. The first kappa shape index (κ1) is 20.8. The van der Waals surface area contributed by atoms with Crippen molar-refractivity contribution in [2.75, 3.05) is 30.0 Å². The van der Waals surface area contributed by atoms with Crippen LogP contribution >= 0.6 is 0 Å². The third kappa shape index (κ3) is 3.79. The highest BCUT2D eigenvalue weighted by atomic mass is 16.6. The number of anilines is 2. The number of aliphatic hydroxyl groups excluding tert-OH is 3. The van der Waals surface area contributed by atoms with Gasteiger partial charge < -0.3 is 25.0 Å². The molecule has 0 saturated carbocycles. The van der Waals surface area contributed by atoms with Crippen LogP contribution in [0.5, 0.6) is 0 Å². The van der Waals surface area contributed by atoms with Crippen molar-refractivity contribution in [1.82, 2.24) is 19.5 Å². The molecule has 11 heteroatoms. The number of aromatic nitrogens is 4. The molecule has 2 aliphatic rings. The molecule has 2 aromatic heterocycles. The zero-order chi connectivity index (χ0) is 22.1. The molecular formula is C21H25N7O4. The number of hydrazone groups is 1. The van der Waals surface area contributed by atoms with Gasteiger partial charge >= 0.3 is 0 Å². The van der Waals surface area contributed by atoms with E-state index in [1.165, 1.54) is 35.8 Å². The Bertz CT molecular complexity index is 1100. The third-order valence-electron chi connectivity index (χ3n) is 5.90. The predicted octanol–water partition coefficient (Wildman–Crippen LogP) is 0.484. The summed E-state index contributed by atoms with van der Waals surface area (Å²) in [5.74, 6) is 0.394. The quantitative estimate of drug-likeness (QED) is 0.319. The molecule has 0 bridgehead atoms. The van der Waals surface area contributed by atoms with Crippen molar-refractivity contribution in [2.24, 2.45) is 5.10 Å². The summed E-state index contributed by atoms with van der Waals surface area (Å²) in [7, 11) is 0. The summed E-state index contributed by atoms with van der Waals surface area (Å²) in [5.41, 5.74) is 5.90. The number of nitrogens with one attached hydrogen (secondary N) is 1. The maximum atomic E-state index is 10.3. The van der Waals surface area contributed by atoms with Crippen molar-refractivity contribution in [3.05, 3.63) is 42.5 Å². The lowest BCUT2D eigenvalue weighted by atomic mass is 10.1. The Kier molecular flexibility index (Phi) is 5.70. The number of aliphatic hydroxyl groups is 3. The summed E-state index contributed by atoms with van der Waals surface area (Å²) in [5, 5.41) is 33.9. The largest absolute Gasteiger partial charge is 0.394 e. The SMILES string of the molecule is OC[C@H]1O[C@@H](n2cnc3c(N/N=C/c4ccc(N5CCCC5)cc4)ncnc32)C(O)C1O. The number of rotatable bonds is 6. The molecule has 4 N–H and O–H groups in total. The molecule has 2 unspecified atom stereocenters. The monoisotopic (exact) mass is 439 g/mol. The van der Waals surface area contributed by atoms with Gasteiger partial charge in [0.25, 0.3) is 0 Å². The molecule has 0 amide bonds. The molecule has 2 aliphatic heterocycles. The van der Waals surface area contributed by atoms with Gasteiger partial charge in [-0.2, -0.15) is 5.10 Å². The summed E-state index contributed by atoms with van der Waals surface area (Å²) in [6.07, 6.45) is 2.75. The molecule has 4 atom stereocenters. The summed E-state index contributed by atoms with van der Waals surface area (Å²) >= 11 is 0. The van der Waals surface area contributed by atoms with Crippen LogP contribution in [0.3, 0.4) is 0 Å². The van der Waals surface area contributed by atoms with Gasteiger partial charge in [-0.15, -0.1) is 0 Å². The van der Waals surface area contributed by atoms with Crippen molar-refractivity contribution < 1.29 is 20.1 Å². The van der Waals surface area contributed by atoms with Crippen LogP contribution in [-0.2, 0) is 4.74 Å². The van der Waals surface area contributed by atoms with E-state index in [1.54, 1.807) is 6.21 Å². The minimum atomic E-state index is -1.22. The second kappa shape index (κ2) is 8.79. The van der Waals surface area contributed by atoms with E-state index in [1.807, 2.05) is 12.1 Å². The van der Waals surface area contributed by atoms with Crippen molar-refractivity contribution >= 4 is 28.9 Å². The Morgan fingerprint density at radius 3 is 2.59 bits per heavy atom. The molecule has 0 radical (unpaired) electrons. The maximum Gasteiger partial charge on any atom is 0.177 e. The number of benzene rings is 1. The van der Waals surface area contributed by atoms with Crippen LogP contribution in [0.15, 0.2) is 42.0 Å². The first-order chi connectivity index (χ1) is 15.7. The topological polar surface area (TPSA) is 141 Å². The highest BCUT2D eigenvalue weighted by Crippen LogP contribution is 2.32. The minimum absolute atomic E-state index is 0.394. The normalized spacial score (nSPS) is 25.9. The van der Waals surface area contributed by atoms with E-state index in [4.69, 9.17) is 4.74 Å². The van der Waals surface area contributed by atoms with E-state index in [0.717, 1.165) is 18.7 Å². The predicted molar refractivity (Wildman–Crippen MR) is 117 cm³/mol. The van der Waals surface area contributed by atoms with Gasteiger partial charge in [0, 0.05) is 18.8 Å². The van der Waals surface area contributed by atoms with Crippen LogP contribution in [0.1, 0.15) is 24.6 Å². The van der Waals surface area contributed by atoms with E-state index in [0.29, 0.717) is 17.0 Å². The van der Waals surface area contributed by atoms with Crippen molar-refractivity contribution in [1.29, 1.82) is 0 Å². The fraction of sp³-hybridized carbons (Fsp3) is 0.429. The van der Waals surface area contributed by atoms with Crippen LogP contribution in [0, 0.1) is 0 Å². The van der Waals surface area contributed by atoms with Gasteiger partial charge in [0.05, 0.1) is 19.1 Å². The van der Waals surface area contributed by atoms with Crippen LogP contribution in [0.4, 0.5) is 11.5 Å². The van der Waals surface area contributed by atoms with Crippen molar-refractivity contribution in [3.8, 4) is 0 Å². The van der Waals surface area contributed by atoms with Crippen LogP contribution in [-0.4, -0.2) is 79.1 Å². The van der Waals surface area contributed by atoms with E-state index in [9.17, 15) is 15.3 Å². The Balaban J connectivity index is 1.31. The van der Waals surface area contributed by atoms with Gasteiger partial charge in [-0.1, -0.05) is 12.1 Å². The Hall–Kier alpha value is -3.12. The molecule has 2 fully saturated rings. The van der Waals surface area contributed by atoms with Crippen LogP contribution < -0.4 is 10.3 Å². The number of fused-ring (bicyclic) bond motifs is 1. The van der Waals surface area contributed by atoms with E-state index in [2.05, 4.69) is 42.5 Å². The Labute approximate surface area is 184 Å². The highest BCUT2D eigenvalue weighted by molar-refractivity contribution is 5.85. The second-order valence-corrected chi connectivity index (χ2v) is 7.93. The molecule has 5 rings (SSSR count). The molecule has 3 aromatic rings. The van der Waals surface area contributed by atoms with Gasteiger partial charge in [0.2, 0.25) is 0 Å². The van der Waals surface area contributed by atoms with Gasteiger partial charge in [-0.25, -0.2) is 15.0 Å². The standard InChI is InChI=1S/C21H25N7O4/c29-10-15-17(30)18(31)21(32-15)28-12-24-16-19(22-11-23-20(16)28)26-25-9-13-3-5-14(6-4-13)27-7-1-2-8-27/h3-6,9,11-12,15,17-18,21,29-31H,1-2,7-8,10H2,(H,22,23,26)/b25-9+/t15-,17?,18?,21-/m1/s1. The molecular weight excluding hydrogens is 414 g/mol. The zero-order valence-electron chi connectivity index (χ0n) is 17.3. The first-order valence-corrected chi connectivity index (χ1v) is 10.6. The molecule has 0 aliphatic carbocycles. The smallest absolute Gasteiger partial charge is 0.177 e. The molecule has 32 heavy (non-hydrogen) atoms. The average molecular weight is 439 g/mol. The fourth-order valence-electron chi connectivity index (χ4n) is 4.14. The molecule has 0 spiro atoms. The summed E-state index contributed by atoms with van der Waals surface area (Å²) in [6, 6.07) is 8.23. The Morgan fingerprint density at radius 2 is 1.88 bits per heavy atom. The van der Waals surface area contributed by atoms with E-state index >= 15 is 0 Å². The van der Waals surface area contributed by atoms with Gasteiger partial charge in [0.15, 0.2) is 23.2 Å². The fourth-order valence-corrected chi connectivity index (χ4v) is 4.14. The number of imidazole rings is 1. The minimum Gasteiger partial charge on any atom is -0.394 e. The number of hydrogen-bond donors (Lipinski definition) is 4. The van der Waals surface area contributed by atoms with Crippen molar-refractivity contribution in [2.45, 2.75) is 37.4 Å². The molecule has 1 aromatic carbocycles. The van der Waals surface area contributed by atoms with Gasteiger partial charge in [0.1, 0.15) is 24.6 Å². The Morgan fingerprint density at radius 1 is 1.09 bits per heavy atom. The molecule has 2 saturated heterocycles. The summed E-state index contributed by atoms with van der Waals surface area (Å²) < 4.78 is 7.08. The van der Waals surface area contributed by atoms with Gasteiger partial charge in [-0.05, 0) is 30.5 Å². The summed E-state index contributed by atoms with van der Waals surface area (Å²) in [6.45, 7) is 1.80. The lowest BCUT2D eigenvalue weighted by Gasteiger charge is -2.17. The van der Waals surface area contributed by atoms with E-state index in [-0.39, 0.29) is 0 Å². The lowest BCUT2D eigenvalue weighted by Crippen LogP contribution is -2.33. The van der Waals surface area contributed by atoms with E-state index < -0.39 is 31.1 Å². The molecule has 168 valence electrons. The maximum absolute atomic E-state index is 10.3. The number of ether oxygens (including phenoxy) is 1. The second-order valence-electron chi connectivity index (χ2n) is 7.93. The van der Waals surface area contributed by atoms with Crippen LogP contribution in [0.2, 0.25) is 0 Å². The third-order valence-corrected chi connectivity index (χ3v) is 5.90. The highest BCUT2D eigenvalue weighted by Gasteiger charge is 2.44. The average Bonchev–Trinajstić information content (AvgIpc) is 3.55. The van der Waals surface area contributed by atoms with Crippen molar-refractivity contribution in [3.63, 3.8) is 0 Å². The van der Waals surface area contributed by atoms with Gasteiger partial charge in [-0.3, -0.25) is 9.99 Å². The zero-order valence-corrected chi connectivity index (χ0v) is 17.3. The number of nitrogens with zero attached hydrogens (tertiary/aromatic N) is 6. The molecule has 4 heterocycles.